The molecule has 278 valence electrons. The van der Waals surface area contributed by atoms with Gasteiger partial charge in [0.15, 0.2) is 0 Å². The number of rotatable bonds is 4. The van der Waals surface area contributed by atoms with Crippen LogP contribution in [-0.4, -0.2) is 77.2 Å². The minimum atomic E-state index is -4.16. The molecule has 2 amide bonds. The second-order valence-corrected chi connectivity index (χ2v) is 17.0. The number of likely N-dealkylation sites (tertiary alicyclic amines) is 1. The molecule has 3 aliphatic heterocycles. The molecule has 0 radical (unpaired) electrons. The first kappa shape index (κ1) is 37.6. The molecule has 1 saturated heterocycles. The number of methoxy groups -OCH3 is 2. The van der Waals surface area contributed by atoms with Gasteiger partial charge in [-0.2, -0.15) is 0 Å². The van der Waals surface area contributed by atoms with Crippen LogP contribution in [0.5, 0.6) is 5.75 Å². The summed E-state index contributed by atoms with van der Waals surface area (Å²) in [5.41, 5.74) is 2.01. The lowest BCUT2D eigenvalue weighted by molar-refractivity contribution is -0.142. The summed E-state index contributed by atoms with van der Waals surface area (Å²) < 4.78 is 48.2. The standard InChI is InChI=1S/C39H52ClN3O7S/c1-26-8-7-17-39(49-4,22-37(44)43-19-16-32(24-43)48-3)34-14-11-29(34)23-42-18-6-5-9-28-20-31(40)12-10-30(28)25-50-36-15-13-33(21-35(36)42)51(46,47)41-38(45)27(26)2/h7,10,12-13,15,17,20-21,26-27,29,32,34H,5-6,8-9,11,14,16,18-19,22-25H2,1-4H3,(H,41,45)/b17-7+/t26-,27+,29-,32?,34+,39+/m0/s1. The smallest absolute Gasteiger partial charge is 0.264 e. The Morgan fingerprint density at radius 1 is 1.04 bits per heavy atom. The van der Waals surface area contributed by atoms with Gasteiger partial charge in [-0.15, -0.1) is 0 Å². The molecule has 2 fully saturated rings. The highest BCUT2D eigenvalue weighted by Crippen LogP contribution is 2.48. The van der Waals surface area contributed by atoms with Gasteiger partial charge in [-0.3, -0.25) is 9.59 Å². The summed E-state index contributed by atoms with van der Waals surface area (Å²) >= 11 is 6.37. The molecule has 1 saturated carbocycles. The van der Waals surface area contributed by atoms with Gasteiger partial charge in [-0.05, 0) is 104 Å². The van der Waals surface area contributed by atoms with Crippen LogP contribution in [-0.2, 0) is 42.1 Å². The number of carbonyl (C=O) groups excluding carboxylic acids is 2. The third kappa shape index (κ3) is 8.27. The van der Waals surface area contributed by atoms with Crippen LogP contribution in [0.25, 0.3) is 0 Å². The van der Waals surface area contributed by atoms with Gasteiger partial charge in [-0.1, -0.05) is 43.7 Å². The molecule has 1 aliphatic carbocycles. The highest BCUT2D eigenvalue weighted by molar-refractivity contribution is 7.90. The average Bonchev–Trinajstić information content (AvgIpc) is 3.58. The number of hydrogen-bond donors (Lipinski definition) is 1. The van der Waals surface area contributed by atoms with E-state index < -0.39 is 27.4 Å². The third-order valence-electron chi connectivity index (χ3n) is 11.8. The van der Waals surface area contributed by atoms with Gasteiger partial charge < -0.3 is 24.0 Å². The molecular formula is C39H52ClN3O7S. The van der Waals surface area contributed by atoms with E-state index >= 15 is 0 Å². The van der Waals surface area contributed by atoms with Crippen molar-refractivity contribution in [2.24, 2.45) is 23.7 Å². The highest BCUT2D eigenvalue weighted by atomic mass is 35.5. The Morgan fingerprint density at radius 3 is 2.59 bits per heavy atom. The number of amides is 2. The summed E-state index contributed by atoms with van der Waals surface area (Å²) in [6.45, 7) is 6.51. The number of fused-ring (bicyclic) bond motifs is 3. The van der Waals surface area contributed by atoms with Crippen LogP contribution in [0, 0.1) is 23.7 Å². The molecule has 0 aromatic heterocycles. The lowest BCUT2D eigenvalue weighted by atomic mass is 9.63. The topological polar surface area (TPSA) is 114 Å². The molecule has 6 rings (SSSR count). The first-order chi connectivity index (χ1) is 24.4. The van der Waals surface area contributed by atoms with E-state index in [1.54, 1.807) is 33.3 Å². The molecule has 3 heterocycles. The number of benzene rings is 2. The molecule has 10 nitrogen and oxygen atoms in total. The second kappa shape index (κ2) is 15.9. The molecular weight excluding hydrogens is 690 g/mol. The van der Waals surface area contributed by atoms with Crippen molar-refractivity contribution in [2.45, 2.75) is 88.4 Å². The van der Waals surface area contributed by atoms with E-state index in [2.05, 4.69) is 15.7 Å². The maximum atomic E-state index is 13.9. The summed E-state index contributed by atoms with van der Waals surface area (Å²) in [4.78, 5) is 31.4. The number of halogens is 1. The molecule has 12 heteroatoms. The molecule has 1 N–H and O–H groups in total. The van der Waals surface area contributed by atoms with Gasteiger partial charge in [0.05, 0.1) is 28.7 Å². The summed E-state index contributed by atoms with van der Waals surface area (Å²) in [6, 6.07) is 10.7. The van der Waals surface area contributed by atoms with E-state index in [9.17, 15) is 18.0 Å². The van der Waals surface area contributed by atoms with E-state index in [1.165, 1.54) is 6.07 Å². The normalized spacial score (nSPS) is 30.5. The van der Waals surface area contributed by atoms with E-state index in [-0.39, 0.29) is 41.1 Å². The van der Waals surface area contributed by atoms with Crippen molar-refractivity contribution in [2.75, 3.05) is 45.3 Å². The number of nitrogens with one attached hydrogen (secondary N) is 1. The van der Waals surface area contributed by atoms with Gasteiger partial charge in [-0.25, -0.2) is 13.1 Å². The minimum Gasteiger partial charge on any atom is -0.487 e. The maximum Gasteiger partial charge on any atom is 0.264 e. The van der Waals surface area contributed by atoms with Crippen LogP contribution in [0.1, 0.15) is 69.9 Å². The SMILES string of the molecule is COC1CCN(C(=O)C[C@]2(OC)/C=C/C[C@H](C)[C@@H](C)C(=O)NS(=O)(=O)c3ccc4c(c3)N(CCCCc3cc(Cl)ccc3CO4)C[C@@H]3CC[C@H]32)C1. The fraction of sp³-hybridized carbons (Fsp3) is 0.590. The first-order valence-corrected chi connectivity index (χ1v) is 20.2. The Morgan fingerprint density at radius 2 is 1.86 bits per heavy atom. The third-order valence-corrected chi connectivity index (χ3v) is 13.4. The number of carbonyl (C=O) groups is 2. The van der Waals surface area contributed by atoms with Crippen molar-refractivity contribution in [3.63, 3.8) is 0 Å². The molecule has 51 heavy (non-hydrogen) atoms. The van der Waals surface area contributed by atoms with Gasteiger partial charge in [0.2, 0.25) is 11.8 Å². The molecule has 6 atom stereocenters. The molecule has 0 spiro atoms. The van der Waals surface area contributed by atoms with Gasteiger partial charge in [0.1, 0.15) is 12.4 Å². The average molecular weight is 742 g/mol. The summed E-state index contributed by atoms with van der Waals surface area (Å²) in [5.74, 6) is -0.475. The van der Waals surface area contributed by atoms with Crippen molar-refractivity contribution < 1.29 is 32.2 Å². The monoisotopic (exact) mass is 741 g/mol. The Bertz CT molecular complexity index is 1730. The minimum absolute atomic E-state index is 0.0130. The Kier molecular flexibility index (Phi) is 11.7. The molecule has 2 aromatic carbocycles. The lowest BCUT2D eigenvalue weighted by Crippen LogP contribution is -2.53. The van der Waals surface area contributed by atoms with Crippen molar-refractivity contribution in [3.8, 4) is 5.75 Å². The van der Waals surface area contributed by atoms with Crippen LogP contribution >= 0.6 is 11.6 Å². The largest absolute Gasteiger partial charge is 0.487 e. The number of anilines is 1. The Balaban J connectivity index is 1.39. The molecule has 2 bridgehead atoms. The van der Waals surface area contributed by atoms with E-state index in [0.29, 0.717) is 55.7 Å². The van der Waals surface area contributed by atoms with Gasteiger partial charge in [0, 0.05) is 51.3 Å². The first-order valence-electron chi connectivity index (χ1n) is 18.3. The van der Waals surface area contributed by atoms with Crippen molar-refractivity contribution >= 4 is 39.1 Å². The lowest BCUT2D eigenvalue weighted by Gasteiger charge is -2.50. The molecule has 2 aromatic rings. The van der Waals surface area contributed by atoms with Crippen LogP contribution in [0.2, 0.25) is 5.02 Å². The summed E-state index contributed by atoms with van der Waals surface area (Å²) in [5, 5.41) is 0.684. The number of allylic oxidation sites excluding steroid dienone is 1. The predicted octanol–water partition coefficient (Wildman–Crippen LogP) is 6.15. The number of ether oxygens (including phenoxy) is 3. The van der Waals surface area contributed by atoms with E-state index in [1.807, 2.05) is 36.1 Å². The van der Waals surface area contributed by atoms with Crippen LogP contribution in [0.15, 0.2) is 53.4 Å². The molecule has 1 unspecified atom stereocenters. The number of nitrogens with zero attached hydrogens (tertiary/aromatic N) is 2. The highest BCUT2D eigenvalue weighted by Gasteiger charge is 2.49. The fourth-order valence-corrected chi connectivity index (χ4v) is 9.41. The van der Waals surface area contributed by atoms with Gasteiger partial charge >= 0.3 is 0 Å². The van der Waals surface area contributed by atoms with Crippen molar-refractivity contribution in [1.29, 1.82) is 0 Å². The zero-order valence-electron chi connectivity index (χ0n) is 30.2. The zero-order chi connectivity index (χ0) is 36.3. The predicted molar refractivity (Wildman–Crippen MR) is 197 cm³/mol. The van der Waals surface area contributed by atoms with Crippen LogP contribution in [0.3, 0.4) is 0 Å². The quantitative estimate of drug-likeness (QED) is 0.372. The van der Waals surface area contributed by atoms with Crippen LogP contribution < -0.4 is 14.4 Å². The van der Waals surface area contributed by atoms with Gasteiger partial charge in [0.25, 0.3) is 10.0 Å². The van der Waals surface area contributed by atoms with Crippen LogP contribution in [0.4, 0.5) is 5.69 Å². The fourth-order valence-electron chi connectivity index (χ4n) is 8.13. The summed E-state index contributed by atoms with van der Waals surface area (Å²) in [7, 11) is -0.774. The van der Waals surface area contributed by atoms with Crippen molar-refractivity contribution in [1.82, 2.24) is 9.62 Å². The second-order valence-electron chi connectivity index (χ2n) is 14.9. The number of hydrogen-bond acceptors (Lipinski definition) is 8. The van der Waals surface area contributed by atoms with Crippen molar-refractivity contribution in [3.05, 3.63) is 64.7 Å². The number of sulfonamides is 1. The number of aryl methyl sites for hydroxylation is 1. The van der Waals surface area contributed by atoms with E-state index in [4.69, 9.17) is 25.8 Å². The van der Waals surface area contributed by atoms with E-state index in [0.717, 1.165) is 49.7 Å². The maximum absolute atomic E-state index is 13.9. The molecule has 4 aliphatic rings. The summed E-state index contributed by atoms with van der Waals surface area (Å²) in [6.07, 6.45) is 10.1. The zero-order valence-corrected chi connectivity index (χ0v) is 31.8. The Hall–Kier alpha value is -3.12. The Labute approximate surface area is 307 Å².